The number of carboxylic acid groups (broad SMARTS) is 1. The smallest absolute Gasteiger partial charge is 0.305 e. The van der Waals surface area contributed by atoms with E-state index in [4.69, 9.17) is 20.3 Å². The molecule has 0 fully saturated rings. The van der Waals surface area contributed by atoms with E-state index in [9.17, 15) is 9.59 Å². The molecule has 0 radical (unpaired) electrons. The minimum absolute atomic E-state index is 0.432. The van der Waals surface area contributed by atoms with Crippen LogP contribution in [-0.4, -0.2) is 37.2 Å². The van der Waals surface area contributed by atoms with Gasteiger partial charge in [0.2, 0.25) is 5.91 Å². The summed E-state index contributed by atoms with van der Waals surface area (Å²) < 4.78 is 10.3. The second kappa shape index (κ2) is 6.76. The summed E-state index contributed by atoms with van der Waals surface area (Å²) in [6.07, 6.45) is -0.432. The van der Waals surface area contributed by atoms with Crippen LogP contribution in [-0.2, 0) is 9.59 Å². The number of methoxy groups -OCH3 is 2. The summed E-state index contributed by atoms with van der Waals surface area (Å²) in [6.45, 7) is 1.78. The molecule has 0 spiro atoms. The largest absolute Gasteiger partial charge is 0.493 e. The zero-order valence-corrected chi connectivity index (χ0v) is 11.6. The lowest BCUT2D eigenvalue weighted by molar-refractivity contribution is -0.138. The van der Waals surface area contributed by atoms with Crippen LogP contribution in [0, 0.1) is 6.92 Å². The zero-order chi connectivity index (χ0) is 15.3. The first-order valence-electron chi connectivity index (χ1n) is 5.90. The van der Waals surface area contributed by atoms with Crippen molar-refractivity contribution in [1.29, 1.82) is 0 Å². The molecule has 0 aliphatic heterocycles. The molecule has 1 rings (SSSR count). The Morgan fingerprint density at radius 2 is 1.85 bits per heavy atom. The van der Waals surface area contributed by atoms with Crippen LogP contribution < -0.4 is 20.5 Å². The van der Waals surface area contributed by atoms with Gasteiger partial charge in [0.05, 0.1) is 26.7 Å². The number of aryl methyl sites for hydroxylation is 1. The molecule has 1 aromatic carbocycles. The molecule has 0 aromatic heterocycles. The first-order valence-corrected chi connectivity index (χ1v) is 5.90. The predicted octanol–water partition coefficient (Wildman–Crippen LogP) is 0.753. The van der Waals surface area contributed by atoms with Gasteiger partial charge >= 0.3 is 5.97 Å². The average molecular weight is 282 g/mol. The number of amides is 1. The second-order valence-corrected chi connectivity index (χ2v) is 4.22. The summed E-state index contributed by atoms with van der Waals surface area (Å²) >= 11 is 0. The van der Waals surface area contributed by atoms with Gasteiger partial charge in [0.15, 0.2) is 11.5 Å². The van der Waals surface area contributed by atoms with E-state index >= 15 is 0 Å². The lowest BCUT2D eigenvalue weighted by Gasteiger charge is -2.15. The first-order chi connectivity index (χ1) is 9.38. The van der Waals surface area contributed by atoms with Crippen molar-refractivity contribution >= 4 is 17.6 Å². The molecule has 7 nitrogen and oxygen atoms in total. The third kappa shape index (κ3) is 3.86. The lowest BCUT2D eigenvalue weighted by Crippen LogP contribution is -2.37. The highest BCUT2D eigenvalue weighted by molar-refractivity contribution is 5.97. The Balaban J connectivity index is 2.92. The van der Waals surface area contributed by atoms with E-state index in [2.05, 4.69) is 5.32 Å². The minimum atomic E-state index is -1.13. The molecule has 0 bridgehead atoms. The number of carboxylic acids is 1. The van der Waals surface area contributed by atoms with Crippen molar-refractivity contribution in [2.24, 2.45) is 5.73 Å². The van der Waals surface area contributed by atoms with Crippen LogP contribution in [0.2, 0.25) is 0 Å². The van der Waals surface area contributed by atoms with Crippen LogP contribution in [0.1, 0.15) is 12.0 Å². The van der Waals surface area contributed by atoms with Crippen LogP contribution in [0.5, 0.6) is 11.5 Å². The maximum atomic E-state index is 11.8. The highest BCUT2D eigenvalue weighted by atomic mass is 16.5. The molecule has 0 heterocycles. The summed E-state index contributed by atoms with van der Waals surface area (Å²) in [5, 5.41) is 11.2. The summed E-state index contributed by atoms with van der Waals surface area (Å²) in [5.74, 6) is -0.697. The molecule has 0 saturated carbocycles. The van der Waals surface area contributed by atoms with Crippen molar-refractivity contribution in [3.63, 3.8) is 0 Å². The van der Waals surface area contributed by atoms with E-state index in [1.54, 1.807) is 19.1 Å². The van der Waals surface area contributed by atoms with Crippen molar-refractivity contribution in [3.8, 4) is 11.5 Å². The number of carbonyl (C=O) groups excluding carboxylic acids is 1. The molecule has 1 atom stereocenters. The van der Waals surface area contributed by atoms with Gasteiger partial charge in [-0.05, 0) is 18.6 Å². The maximum absolute atomic E-state index is 11.8. The third-order valence-electron chi connectivity index (χ3n) is 2.72. The van der Waals surface area contributed by atoms with Gasteiger partial charge in [0.1, 0.15) is 0 Å². The number of anilines is 1. The highest BCUT2D eigenvalue weighted by Gasteiger charge is 2.18. The summed E-state index contributed by atoms with van der Waals surface area (Å²) in [4.78, 5) is 22.3. The zero-order valence-electron chi connectivity index (χ0n) is 11.6. The Morgan fingerprint density at radius 3 is 2.35 bits per heavy atom. The number of hydrogen-bond donors (Lipinski definition) is 3. The second-order valence-electron chi connectivity index (χ2n) is 4.22. The Kier molecular flexibility index (Phi) is 5.33. The van der Waals surface area contributed by atoms with Crippen LogP contribution in [0.25, 0.3) is 0 Å². The maximum Gasteiger partial charge on any atom is 0.305 e. The summed E-state index contributed by atoms with van der Waals surface area (Å²) in [6, 6.07) is 2.19. The van der Waals surface area contributed by atoms with E-state index in [0.29, 0.717) is 17.2 Å². The summed E-state index contributed by atoms with van der Waals surface area (Å²) in [7, 11) is 2.99. The molecular weight excluding hydrogens is 264 g/mol. The normalized spacial score (nSPS) is 11.6. The minimum Gasteiger partial charge on any atom is -0.493 e. The van der Waals surface area contributed by atoms with Crippen LogP contribution >= 0.6 is 0 Å². The lowest BCUT2D eigenvalue weighted by atomic mass is 10.1. The Bertz CT molecular complexity index is 516. The first kappa shape index (κ1) is 15.8. The van der Waals surface area contributed by atoms with E-state index in [-0.39, 0.29) is 0 Å². The van der Waals surface area contributed by atoms with Crippen molar-refractivity contribution in [1.82, 2.24) is 0 Å². The average Bonchev–Trinajstić information content (AvgIpc) is 2.39. The third-order valence-corrected chi connectivity index (χ3v) is 2.72. The van der Waals surface area contributed by atoms with Crippen molar-refractivity contribution in [3.05, 3.63) is 17.7 Å². The fourth-order valence-corrected chi connectivity index (χ4v) is 1.62. The Morgan fingerprint density at radius 1 is 1.30 bits per heavy atom. The fourth-order valence-electron chi connectivity index (χ4n) is 1.62. The number of nitrogens with two attached hydrogens (primary N) is 1. The van der Waals surface area contributed by atoms with Crippen LogP contribution in [0.15, 0.2) is 12.1 Å². The number of nitrogens with one attached hydrogen (secondary N) is 1. The molecular formula is C13H18N2O5. The number of benzene rings is 1. The number of rotatable bonds is 6. The molecule has 1 unspecified atom stereocenters. The Labute approximate surface area is 116 Å². The van der Waals surface area contributed by atoms with Crippen molar-refractivity contribution in [2.75, 3.05) is 19.5 Å². The predicted molar refractivity (Wildman–Crippen MR) is 73.1 cm³/mol. The molecule has 20 heavy (non-hydrogen) atoms. The van der Waals surface area contributed by atoms with E-state index in [1.807, 2.05) is 0 Å². The number of ether oxygens (including phenoxy) is 2. The molecule has 1 aromatic rings. The number of carbonyl (C=O) groups is 2. The van der Waals surface area contributed by atoms with Crippen molar-refractivity contribution in [2.45, 2.75) is 19.4 Å². The van der Waals surface area contributed by atoms with Crippen molar-refractivity contribution < 1.29 is 24.2 Å². The summed E-state index contributed by atoms with van der Waals surface area (Å²) in [5.41, 5.74) is 6.74. The van der Waals surface area contributed by atoms with Gasteiger partial charge in [-0.3, -0.25) is 9.59 Å². The molecule has 0 aliphatic rings. The van der Waals surface area contributed by atoms with Gasteiger partial charge in [-0.2, -0.15) is 0 Å². The van der Waals surface area contributed by atoms with E-state index < -0.39 is 24.3 Å². The molecule has 1 amide bonds. The Hall–Kier alpha value is -2.28. The number of aliphatic carboxylic acids is 1. The molecule has 0 saturated heterocycles. The highest BCUT2D eigenvalue weighted by Crippen LogP contribution is 2.32. The van der Waals surface area contributed by atoms with Gasteiger partial charge in [-0.25, -0.2) is 0 Å². The van der Waals surface area contributed by atoms with Gasteiger partial charge < -0.3 is 25.6 Å². The van der Waals surface area contributed by atoms with Crippen LogP contribution in [0.4, 0.5) is 5.69 Å². The molecule has 4 N–H and O–H groups in total. The molecule has 110 valence electrons. The quantitative estimate of drug-likeness (QED) is 0.710. The van der Waals surface area contributed by atoms with Gasteiger partial charge in [-0.1, -0.05) is 0 Å². The molecule has 7 heteroatoms. The standard InChI is InChI=1S/C13H18N2O5/c1-7-4-10(19-2)11(20-3)6-9(7)15-13(18)8(14)5-12(16)17/h4,6,8H,5,14H2,1-3H3,(H,15,18)(H,16,17). The van der Waals surface area contributed by atoms with Gasteiger partial charge in [-0.15, -0.1) is 0 Å². The van der Waals surface area contributed by atoms with E-state index in [1.165, 1.54) is 14.2 Å². The van der Waals surface area contributed by atoms with Gasteiger partial charge in [0.25, 0.3) is 0 Å². The van der Waals surface area contributed by atoms with Crippen LogP contribution in [0.3, 0.4) is 0 Å². The van der Waals surface area contributed by atoms with Gasteiger partial charge in [0, 0.05) is 11.8 Å². The fraction of sp³-hybridized carbons (Fsp3) is 0.385. The SMILES string of the molecule is COc1cc(C)c(NC(=O)C(N)CC(=O)O)cc1OC. The topological polar surface area (TPSA) is 111 Å². The monoisotopic (exact) mass is 282 g/mol. The molecule has 0 aliphatic carbocycles. The number of hydrogen-bond acceptors (Lipinski definition) is 5. The van der Waals surface area contributed by atoms with E-state index in [0.717, 1.165) is 5.56 Å².